The normalized spacial score (nSPS) is 13.6. The summed E-state index contributed by atoms with van der Waals surface area (Å²) in [6.07, 6.45) is 0. The molecule has 8 aromatic rings. The van der Waals surface area contributed by atoms with Gasteiger partial charge in [-0.3, -0.25) is 0 Å². The van der Waals surface area contributed by atoms with E-state index in [9.17, 15) is 0 Å². The third-order valence-electron chi connectivity index (χ3n) is 12.5. The van der Waals surface area contributed by atoms with Gasteiger partial charge in [0.1, 0.15) is 0 Å². The number of benzene rings is 4. The summed E-state index contributed by atoms with van der Waals surface area (Å²) < 4.78 is 0. The molecule has 0 radical (unpaired) electrons. The van der Waals surface area contributed by atoms with Gasteiger partial charge in [-0.25, -0.2) is 0 Å². The maximum absolute atomic E-state index is 2.48. The Hall–Kier alpha value is -4.00. The lowest BCUT2D eigenvalue weighted by atomic mass is 10.0. The highest BCUT2D eigenvalue weighted by molar-refractivity contribution is 7.76. The first-order valence-electron chi connectivity index (χ1n) is 19.2. The van der Waals surface area contributed by atoms with Crippen molar-refractivity contribution in [1.29, 1.82) is 0 Å². The van der Waals surface area contributed by atoms with Gasteiger partial charge in [-0.15, -0.1) is 0 Å². The zero-order chi connectivity index (χ0) is 37.4. The van der Waals surface area contributed by atoms with Crippen molar-refractivity contribution in [3.05, 3.63) is 166 Å². The van der Waals surface area contributed by atoms with Gasteiger partial charge in [0.25, 0.3) is 0 Å². The summed E-state index contributed by atoms with van der Waals surface area (Å²) in [6, 6.07) is 45.8. The van der Waals surface area contributed by atoms with Crippen LogP contribution in [0.1, 0.15) is 44.5 Å². The van der Waals surface area contributed by atoms with Crippen molar-refractivity contribution in [2.24, 2.45) is 0 Å². The van der Waals surface area contributed by atoms with E-state index in [1.165, 1.54) is 56.3 Å². The minimum Gasteiger partial charge on any atom is -0.0996 e. The van der Waals surface area contributed by atoms with Crippen LogP contribution in [0.3, 0.4) is 0 Å². The molecule has 0 saturated carbocycles. The summed E-state index contributed by atoms with van der Waals surface area (Å²) in [5, 5.41) is 13.3. The van der Waals surface area contributed by atoms with E-state index in [1.54, 1.807) is 64.6 Å². The van der Waals surface area contributed by atoms with Crippen LogP contribution in [0.2, 0.25) is 0 Å². The minimum atomic E-state index is -0.639. The number of rotatable bonds is 4. The van der Waals surface area contributed by atoms with Gasteiger partial charge in [-0.1, -0.05) is 151 Å². The Labute approximate surface area is 326 Å². The van der Waals surface area contributed by atoms with E-state index in [2.05, 4.69) is 177 Å². The van der Waals surface area contributed by atoms with Crippen LogP contribution in [-0.4, -0.2) is 0 Å². The molecule has 4 atom stereocenters. The van der Waals surface area contributed by atoms with Crippen LogP contribution in [0.4, 0.5) is 0 Å². The van der Waals surface area contributed by atoms with Crippen molar-refractivity contribution in [2.45, 2.75) is 67.2 Å². The van der Waals surface area contributed by atoms with Gasteiger partial charge in [0, 0.05) is 54.2 Å². The first kappa shape index (κ1) is 35.7. The maximum Gasteiger partial charge on any atom is 0.0270 e. The molecule has 4 aromatic heterocycles. The van der Waals surface area contributed by atoms with Crippen LogP contribution in [0.15, 0.2) is 121 Å². The molecule has 9 rings (SSSR count). The van der Waals surface area contributed by atoms with Gasteiger partial charge in [0.05, 0.1) is 0 Å². The summed E-state index contributed by atoms with van der Waals surface area (Å²) in [5.41, 5.74) is 17.9. The van der Waals surface area contributed by atoms with Crippen molar-refractivity contribution in [3.8, 4) is 64.6 Å². The zero-order valence-electron chi connectivity index (χ0n) is 32.8. The van der Waals surface area contributed by atoms with Gasteiger partial charge in [-0.2, -0.15) is 0 Å². The van der Waals surface area contributed by atoms with Crippen LogP contribution in [0.25, 0.3) is 64.6 Å². The summed E-state index contributed by atoms with van der Waals surface area (Å²) in [7, 11) is -2.55. The molecule has 0 aliphatic carbocycles. The third-order valence-corrected chi connectivity index (χ3v) is 26.3. The van der Waals surface area contributed by atoms with E-state index in [1.807, 2.05) is 0 Å². The molecule has 4 heteroatoms. The Kier molecular flexibility index (Phi) is 9.21. The van der Waals surface area contributed by atoms with Crippen molar-refractivity contribution in [2.75, 3.05) is 0 Å². The fourth-order valence-corrected chi connectivity index (χ4v) is 26.7. The summed E-state index contributed by atoms with van der Waals surface area (Å²) in [5.74, 6) is 2.40. The average Bonchev–Trinajstić information content (AvgIpc) is 3.78. The van der Waals surface area contributed by atoms with Crippen LogP contribution in [-0.2, 0) is 11.8 Å². The Morgan fingerprint density at radius 2 is 0.407 bits per heavy atom. The highest BCUT2D eigenvalue weighted by Crippen LogP contribution is 2.75. The number of hydrogen-bond donors (Lipinski definition) is 0. The molecular formula is C50H48P4. The molecule has 0 bridgehead atoms. The van der Waals surface area contributed by atoms with Crippen molar-refractivity contribution >= 4 is 30.1 Å². The number of fused-ring (bicyclic) bond motifs is 6. The molecule has 1 aliphatic heterocycles. The third kappa shape index (κ3) is 5.41. The van der Waals surface area contributed by atoms with Crippen LogP contribution >= 0.6 is 30.1 Å². The second-order valence-electron chi connectivity index (χ2n) is 15.2. The quantitative estimate of drug-likeness (QED) is 0.167. The van der Waals surface area contributed by atoms with Gasteiger partial charge >= 0.3 is 0 Å². The maximum atomic E-state index is 2.48. The minimum absolute atomic E-state index is 0.639. The molecule has 0 N–H and O–H groups in total. The zero-order valence-corrected chi connectivity index (χ0v) is 36.3. The summed E-state index contributed by atoms with van der Waals surface area (Å²) >= 11 is 0. The van der Waals surface area contributed by atoms with Gasteiger partial charge in [-0.05, 0) is 122 Å². The molecular weight excluding hydrogens is 724 g/mol. The highest BCUT2D eigenvalue weighted by atomic mass is 31.2. The molecule has 1 aliphatic rings. The Morgan fingerprint density at radius 1 is 0.241 bits per heavy atom. The molecule has 268 valence electrons. The molecule has 0 fully saturated rings. The predicted octanol–water partition coefficient (Wildman–Crippen LogP) is 17.4. The number of hydrogen-bond acceptors (Lipinski definition) is 0. The molecule has 4 unspecified atom stereocenters. The monoisotopic (exact) mass is 772 g/mol. The van der Waals surface area contributed by atoms with Crippen LogP contribution in [0.5, 0.6) is 0 Å². The molecule has 4 aromatic carbocycles. The van der Waals surface area contributed by atoms with Crippen molar-refractivity contribution in [3.63, 3.8) is 0 Å². The molecule has 0 spiro atoms. The lowest BCUT2D eigenvalue weighted by Gasteiger charge is -2.22. The second kappa shape index (κ2) is 13.9. The van der Waals surface area contributed by atoms with Crippen molar-refractivity contribution in [1.82, 2.24) is 0 Å². The molecule has 54 heavy (non-hydrogen) atoms. The van der Waals surface area contributed by atoms with Crippen LogP contribution in [0, 0.1) is 55.4 Å². The fourth-order valence-electron chi connectivity index (χ4n) is 9.43. The second-order valence-corrected chi connectivity index (χ2v) is 24.5. The summed E-state index contributed by atoms with van der Waals surface area (Å²) in [4.78, 5) is 0. The Balaban J connectivity index is 1.50. The van der Waals surface area contributed by atoms with E-state index in [0.29, 0.717) is 0 Å². The molecule has 0 amide bonds. The highest BCUT2D eigenvalue weighted by Gasteiger charge is 2.34. The Morgan fingerprint density at radius 3 is 0.593 bits per heavy atom. The lowest BCUT2D eigenvalue weighted by molar-refractivity contribution is 1.38. The largest absolute Gasteiger partial charge is 0.0996 e. The summed E-state index contributed by atoms with van der Waals surface area (Å²) in [6.45, 7) is 19.7. The van der Waals surface area contributed by atoms with E-state index in [4.69, 9.17) is 0 Å². The topological polar surface area (TPSA) is 0 Å². The first-order valence-corrected chi connectivity index (χ1v) is 25.3. The predicted molar refractivity (Wildman–Crippen MR) is 245 cm³/mol. The average molecular weight is 773 g/mol. The first-order chi connectivity index (χ1) is 26.2. The van der Waals surface area contributed by atoms with Gasteiger partial charge in [0.2, 0.25) is 0 Å². The Bertz CT molecular complexity index is 2320. The standard InChI is InChI=1S/C50H48P4/c1-31-35(5)47-48-36(6)32(2)45(41-25-17-11-18-26-41)53(48)30-54-46(42-27-19-12-20-28-42)34(4)38(8)50(54)49-37(7)33(3)44(40-23-15-10-16-24-40)52(49)29-51(47)43(31)39-21-13-9-14-22-39/h9-28H,29-30H2,1-8H3. The van der Waals surface area contributed by atoms with Gasteiger partial charge in [0.15, 0.2) is 0 Å². The molecule has 0 nitrogen and oxygen atoms in total. The molecule has 0 saturated heterocycles. The van der Waals surface area contributed by atoms with Crippen molar-refractivity contribution < 1.29 is 0 Å². The SMILES string of the molecule is Cc1c(C)c2p(c1-c1ccccc1)Cp1c(-c3ccccc3)c(C)c(C)c1-c1c(C)c(C)c(-c3ccccc3)p1Cp1c(-c3ccccc3)c(C)c(C)c1-2. The fraction of sp³-hybridized carbons (Fsp3) is 0.200. The lowest BCUT2D eigenvalue weighted by Crippen LogP contribution is -1.83. The van der Waals surface area contributed by atoms with E-state index in [-0.39, 0.29) is 0 Å². The van der Waals surface area contributed by atoms with E-state index >= 15 is 0 Å². The molecule has 5 heterocycles. The van der Waals surface area contributed by atoms with Crippen LogP contribution < -0.4 is 0 Å². The smallest absolute Gasteiger partial charge is 0.0270 e. The van der Waals surface area contributed by atoms with E-state index in [0.717, 1.165) is 0 Å². The van der Waals surface area contributed by atoms with E-state index < -0.39 is 30.1 Å². The van der Waals surface area contributed by atoms with Gasteiger partial charge < -0.3 is 0 Å².